The van der Waals surface area contributed by atoms with Crippen molar-refractivity contribution in [3.05, 3.63) is 42.2 Å². The highest BCUT2D eigenvalue weighted by atomic mass is 16.4. The number of rotatable bonds is 3. The molecule has 1 aliphatic heterocycles. The second kappa shape index (κ2) is 5.74. The fraction of sp³-hybridized carbons (Fsp3) is 0.412. The van der Waals surface area contributed by atoms with Gasteiger partial charge in [0.25, 0.3) is 5.91 Å². The second-order valence-corrected chi connectivity index (χ2v) is 6.48. The molecule has 4 rings (SSSR count). The van der Waals surface area contributed by atoms with Gasteiger partial charge in [0.15, 0.2) is 5.69 Å². The number of benzene rings is 1. The third-order valence-electron chi connectivity index (χ3n) is 5.14. The number of para-hydroxylation sites is 1. The molecule has 124 valence electrons. The molecule has 1 aromatic heterocycles. The molecule has 7 heteroatoms. The number of fused-ring (bicyclic) bond motifs is 1. The first kappa shape index (κ1) is 14.9. The van der Waals surface area contributed by atoms with Crippen LogP contribution in [0.1, 0.15) is 29.8 Å². The molecule has 1 saturated carbocycles. The maximum Gasteiger partial charge on any atom is 0.326 e. The van der Waals surface area contributed by atoms with Crippen LogP contribution >= 0.6 is 0 Å². The first-order valence-electron chi connectivity index (χ1n) is 8.16. The molecule has 24 heavy (non-hydrogen) atoms. The predicted octanol–water partition coefficient (Wildman–Crippen LogP) is 1.59. The summed E-state index contributed by atoms with van der Waals surface area (Å²) in [6, 6.07) is 8.63. The highest BCUT2D eigenvalue weighted by molar-refractivity contribution is 5.95. The molecule has 3 unspecified atom stereocenters. The predicted molar refractivity (Wildman–Crippen MR) is 84.7 cm³/mol. The highest BCUT2D eigenvalue weighted by Gasteiger charge is 2.50. The fourth-order valence-corrected chi connectivity index (χ4v) is 4.05. The lowest BCUT2D eigenvalue weighted by Crippen LogP contribution is -2.43. The molecule has 2 aromatic rings. The van der Waals surface area contributed by atoms with Crippen molar-refractivity contribution in [1.82, 2.24) is 19.9 Å². The summed E-state index contributed by atoms with van der Waals surface area (Å²) in [6.07, 6.45) is 4.48. The summed E-state index contributed by atoms with van der Waals surface area (Å²) in [5, 5.41) is 17.5. The number of amides is 1. The molecule has 1 saturated heterocycles. The van der Waals surface area contributed by atoms with E-state index in [1.54, 1.807) is 6.20 Å². The van der Waals surface area contributed by atoms with Crippen molar-refractivity contribution in [2.75, 3.05) is 6.54 Å². The summed E-state index contributed by atoms with van der Waals surface area (Å²) in [5.74, 6) is -0.915. The highest BCUT2D eigenvalue weighted by Crippen LogP contribution is 2.42. The average Bonchev–Trinajstić information content (AvgIpc) is 3.29. The summed E-state index contributed by atoms with van der Waals surface area (Å²) in [7, 11) is 0. The van der Waals surface area contributed by atoms with Crippen molar-refractivity contribution in [2.24, 2.45) is 11.8 Å². The fourth-order valence-electron chi connectivity index (χ4n) is 4.05. The molecule has 0 radical (unpaired) electrons. The number of carbonyl (C=O) groups is 2. The number of likely N-dealkylation sites (tertiary alicyclic amines) is 1. The molecule has 0 spiro atoms. The summed E-state index contributed by atoms with van der Waals surface area (Å²) in [5.41, 5.74) is 0.988. The maximum absolute atomic E-state index is 12.8. The minimum Gasteiger partial charge on any atom is -0.480 e. The standard InChI is InChI=1S/C17H18N4O3/c22-16(14-10-21(19-18-14)12-6-2-1-3-7-12)20-9-11-5-4-8-13(11)15(20)17(23)24/h1-3,6-7,10-11,13,15H,4-5,8-9H2,(H,23,24). The van der Waals surface area contributed by atoms with Gasteiger partial charge in [-0.2, -0.15) is 0 Å². The molecule has 1 aromatic carbocycles. The van der Waals surface area contributed by atoms with Crippen LogP contribution in [0.5, 0.6) is 0 Å². The van der Waals surface area contributed by atoms with E-state index in [4.69, 9.17) is 0 Å². The van der Waals surface area contributed by atoms with Gasteiger partial charge in [-0.3, -0.25) is 4.79 Å². The van der Waals surface area contributed by atoms with Gasteiger partial charge in [0.05, 0.1) is 11.9 Å². The van der Waals surface area contributed by atoms with Crippen LogP contribution in [-0.2, 0) is 4.79 Å². The monoisotopic (exact) mass is 326 g/mol. The Morgan fingerprint density at radius 2 is 1.96 bits per heavy atom. The molecule has 0 bridgehead atoms. The lowest BCUT2D eigenvalue weighted by atomic mass is 9.94. The molecule has 2 heterocycles. The lowest BCUT2D eigenvalue weighted by Gasteiger charge is -2.23. The molecule has 3 atom stereocenters. The topological polar surface area (TPSA) is 88.3 Å². The molecule has 2 fully saturated rings. The van der Waals surface area contributed by atoms with Gasteiger partial charge in [0.1, 0.15) is 6.04 Å². The third-order valence-corrected chi connectivity index (χ3v) is 5.14. The van der Waals surface area contributed by atoms with Crippen molar-refractivity contribution in [2.45, 2.75) is 25.3 Å². The van der Waals surface area contributed by atoms with Crippen LogP contribution < -0.4 is 0 Å². The molecule has 2 aliphatic rings. The van der Waals surface area contributed by atoms with Crippen LogP contribution in [0.3, 0.4) is 0 Å². The van der Waals surface area contributed by atoms with E-state index in [0.717, 1.165) is 24.9 Å². The van der Waals surface area contributed by atoms with Crippen LogP contribution in [0.4, 0.5) is 0 Å². The summed E-state index contributed by atoms with van der Waals surface area (Å²) < 4.78 is 1.53. The number of nitrogens with zero attached hydrogens (tertiary/aromatic N) is 4. The minimum atomic E-state index is -0.923. The number of hydrogen-bond acceptors (Lipinski definition) is 4. The van der Waals surface area contributed by atoms with Gasteiger partial charge in [0, 0.05) is 6.54 Å². The van der Waals surface area contributed by atoms with E-state index in [2.05, 4.69) is 10.3 Å². The first-order valence-corrected chi connectivity index (χ1v) is 8.16. The number of carboxylic acids is 1. The first-order chi connectivity index (χ1) is 11.6. The van der Waals surface area contributed by atoms with Crippen molar-refractivity contribution in [1.29, 1.82) is 0 Å². The van der Waals surface area contributed by atoms with Crippen molar-refractivity contribution in [3.63, 3.8) is 0 Å². The number of hydrogen-bond donors (Lipinski definition) is 1. The maximum atomic E-state index is 12.8. The Bertz CT molecular complexity index is 773. The zero-order chi connectivity index (χ0) is 16.7. The molecule has 1 amide bonds. The Hall–Kier alpha value is -2.70. The Kier molecular flexibility index (Phi) is 3.55. The van der Waals surface area contributed by atoms with Crippen LogP contribution in [0.25, 0.3) is 5.69 Å². The Labute approximate surface area is 138 Å². The average molecular weight is 326 g/mol. The summed E-state index contributed by atoms with van der Waals surface area (Å²) in [6.45, 7) is 0.499. The van der Waals surface area contributed by atoms with E-state index in [1.165, 1.54) is 9.58 Å². The van der Waals surface area contributed by atoms with E-state index in [1.807, 2.05) is 30.3 Å². The van der Waals surface area contributed by atoms with Crippen molar-refractivity contribution in [3.8, 4) is 5.69 Å². The van der Waals surface area contributed by atoms with Crippen molar-refractivity contribution < 1.29 is 14.7 Å². The molecular formula is C17H18N4O3. The van der Waals surface area contributed by atoms with E-state index in [-0.39, 0.29) is 17.5 Å². The number of aliphatic carboxylic acids is 1. The smallest absolute Gasteiger partial charge is 0.326 e. The van der Waals surface area contributed by atoms with Crippen LogP contribution in [0.2, 0.25) is 0 Å². The van der Waals surface area contributed by atoms with E-state index in [9.17, 15) is 14.7 Å². The minimum absolute atomic E-state index is 0.0654. The zero-order valence-electron chi connectivity index (χ0n) is 13.1. The lowest BCUT2D eigenvalue weighted by molar-refractivity contribution is -0.142. The van der Waals surface area contributed by atoms with Gasteiger partial charge in [-0.05, 0) is 36.8 Å². The van der Waals surface area contributed by atoms with E-state index in [0.29, 0.717) is 12.5 Å². The summed E-state index contributed by atoms with van der Waals surface area (Å²) >= 11 is 0. The van der Waals surface area contributed by atoms with Gasteiger partial charge < -0.3 is 10.0 Å². The van der Waals surface area contributed by atoms with Crippen LogP contribution in [0.15, 0.2) is 36.5 Å². The van der Waals surface area contributed by atoms with E-state index < -0.39 is 12.0 Å². The summed E-state index contributed by atoms with van der Waals surface area (Å²) in [4.78, 5) is 25.9. The third kappa shape index (κ3) is 2.36. The Morgan fingerprint density at radius 3 is 2.71 bits per heavy atom. The Morgan fingerprint density at radius 1 is 1.17 bits per heavy atom. The Balaban J connectivity index is 1.60. The number of carboxylic acid groups (broad SMARTS) is 1. The van der Waals surface area contributed by atoms with Crippen LogP contribution in [0, 0.1) is 11.8 Å². The SMILES string of the molecule is O=C(O)C1C2CCCC2CN1C(=O)c1cn(-c2ccccc2)nn1. The van der Waals surface area contributed by atoms with Gasteiger partial charge in [-0.15, -0.1) is 5.10 Å². The van der Waals surface area contributed by atoms with E-state index >= 15 is 0 Å². The zero-order valence-corrected chi connectivity index (χ0v) is 13.1. The van der Waals surface area contributed by atoms with Gasteiger partial charge in [0.2, 0.25) is 0 Å². The number of carbonyl (C=O) groups excluding carboxylic acids is 1. The molecule has 1 aliphatic carbocycles. The molecule has 1 N–H and O–H groups in total. The molecular weight excluding hydrogens is 308 g/mol. The second-order valence-electron chi connectivity index (χ2n) is 6.48. The largest absolute Gasteiger partial charge is 0.480 e. The van der Waals surface area contributed by atoms with Crippen LogP contribution in [-0.4, -0.2) is 49.5 Å². The quantitative estimate of drug-likeness (QED) is 0.925. The van der Waals surface area contributed by atoms with Gasteiger partial charge >= 0.3 is 5.97 Å². The van der Waals surface area contributed by atoms with Crippen molar-refractivity contribution >= 4 is 11.9 Å². The molecule has 7 nitrogen and oxygen atoms in total. The van der Waals surface area contributed by atoms with Gasteiger partial charge in [-0.1, -0.05) is 29.8 Å². The number of aromatic nitrogens is 3. The normalized spacial score (nSPS) is 25.7. The van der Waals surface area contributed by atoms with Gasteiger partial charge in [-0.25, -0.2) is 9.48 Å².